The van der Waals surface area contributed by atoms with Gasteiger partial charge in [0.05, 0.1) is 0 Å². The molecular weight excluding hydrogens is 340 g/mol. The minimum atomic E-state index is -0.463. The Labute approximate surface area is 158 Å². The second kappa shape index (κ2) is 7.92. The van der Waals surface area contributed by atoms with Crippen molar-refractivity contribution >= 4 is 16.8 Å². The molecule has 6 nitrogen and oxygen atoms in total. The molecule has 0 spiro atoms. The zero-order chi connectivity index (χ0) is 18.6. The Hall–Kier alpha value is -2.67. The molecule has 27 heavy (non-hydrogen) atoms. The second-order valence-electron chi connectivity index (χ2n) is 7.00. The van der Waals surface area contributed by atoms with Crippen LogP contribution in [0.15, 0.2) is 60.8 Å². The van der Waals surface area contributed by atoms with E-state index in [0.717, 1.165) is 43.8 Å². The van der Waals surface area contributed by atoms with Crippen LogP contribution in [0.4, 0.5) is 0 Å². The van der Waals surface area contributed by atoms with Crippen molar-refractivity contribution in [2.24, 2.45) is 0 Å². The number of rotatable bonds is 5. The van der Waals surface area contributed by atoms with Gasteiger partial charge in [0.1, 0.15) is 6.04 Å². The van der Waals surface area contributed by atoms with Crippen molar-refractivity contribution < 1.29 is 10.0 Å². The Kier molecular flexibility index (Phi) is 5.20. The molecule has 140 valence electrons. The highest BCUT2D eigenvalue weighted by atomic mass is 16.5. The molecule has 6 heteroatoms. The van der Waals surface area contributed by atoms with Crippen LogP contribution >= 0.6 is 0 Å². The van der Waals surface area contributed by atoms with Crippen molar-refractivity contribution in [1.29, 1.82) is 0 Å². The lowest BCUT2D eigenvalue weighted by Gasteiger charge is -2.38. The summed E-state index contributed by atoms with van der Waals surface area (Å²) in [5.41, 5.74) is 5.18. The van der Waals surface area contributed by atoms with Gasteiger partial charge in [0.15, 0.2) is 0 Å². The molecule has 1 aliphatic heterocycles. The average molecular weight is 364 g/mol. The minimum absolute atomic E-state index is 0.382. The normalized spacial score (nSPS) is 17.1. The van der Waals surface area contributed by atoms with Crippen LogP contribution < -0.4 is 5.48 Å². The Morgan fingerprint density at radius 2 is 1.85 bits per heavy atom. The first kappa shape index (κ1) is 17.7. The van der Waals surface area contributed by atoms with Crippen LogP contribution in [0, 0.1) is 0 Å². The molecule has 0 radical (unpaired) electrons. The van der Waals surface area contributed by atoms with Gasteiger partial charge in [0.2, 0.25) is 0 Å². The highest BCUT2D eigenvalue weighted by Crippen LogP contribution is 2.23. The highest BCUT2D eigenvalue weighted by molar-refractivity contribution is 5.82. The van der Waals surface area contributed by atoms with E-state index in [4.69, 9.17) is 0 Å². The molecule has 2 heterocycles. The number of fused-ring (bicyclic) bond motifs is 1. The van der Waals surface area contributed by atoms with Crippen LogP contribution in [0.25, 0.3) is 10.9 Å². The number of H-pyrrole nitrogens is 1. The predicted octanol–water partition coefficient (Wildman–Crippen LogP) is 2.53. The number of benzene rings is 2. The molecule has 4 rings (SSSR count). The fourth-order valence-electron chi connectivity index (χ4n) is 3.86. The molecule has 0 bridgehead atoms. The van der Waals surface area contributed by atoms with Gasteiger partial charge in [-0.05, 0) is 34.7 Å². The summed E-state index contributed by atoms with van der Waals surface area (Å²) in [6.45, 7) is 4.22. The van der Waals surface area contributed by atoms with E-state index in [-0.39, 0.29) is 5.91 Å². The topological polar surface area (TPSA) is 71.6 Å². The van der Waals surface area contributed by atoms with E-state index in [1.807, 2.05) is 42.0 Å². The summed E-state index contributed by atoms with van der Waals surface area (Å²) in [6, 6.07) is 17.8. The average Bonchev–Trinajstić information content (AvgIpc) is 3.18. The van der Waals surface area contributed by atoms with E-state index >= 15 is 0 Å². The number of piperazine rings is 1. The molecule has 3 aromatic rings. The molecule has 1 unspecified atom stereocenters. The SMILES string of the molecule is O=C(NO)C(c1ccccc1)N1CCN(Cc2ccc3[nH]ccc3c2)CC1. The van der Waals surface area contributed by atoms with E-state index in [0.29, 0.717) is 0 Å². The smallest absolute Gasteiger partial charge is 0.265 e. The molecule has 1 fully saturated rings. The second-order valence-corrected chi connectivity index (χ2v) is 7.00. The highest BCUT2D eigenvalue weighted by Gasteiger charge is 2.30. The first-order valence-electron chi connectivity index (χ1n) is 9.26. The first-order valence-corrected chi connectivity index (χ1v) is 9.26. The molecule has 1 amide bonds. The number of nitrogens with zero attached hydrogens (tertiary/aromatic N) is 2. The number of nitrogens with one attached hydrogen (secondary N) is 2. The van der Waals surface area contributed by atoms with Crippen LogP contribution in [0.5, 0.6) is 0 Å². The van der Waals surface area contributed by atoms with Crippen molar-refractivity contribution in [2.75, 3.05) is 26.2 Å². The summed E-state index contributed by atoms with van der Waals surface area (Å²) in [6.07, 6.45) is 1.96. The summed E-state index contributed by atoms with van der Waals surface area (Å²) in [5.74, 6) is -0.382. The molecule has 1 aromatic heterocycles. The van der Waals surface area contributed by atoms with E-state index in [1.54, 1.807) is 0 Å². The maximum atomic E-state index is 12.3. The molecular formula is C21H24N4O2. The summed E-state index contributed by atoms with van der Waals surface area (Å²) in [4.78, 5) is 20.0. The zero-order valence-electron chi connectivity index (χ0n) is 15.1. The first-order chi connectivity index (χ1) is 13.2. The maximum Gasteiger partial charge on any atom is 0.265 e. The Morgan fingerprint density at radius 1 is 1.07 bits per heavy atom. The van der Waals surface area contributed by atoms with Gasteiger partial charge in [0, 0.05) is 44.4 Å². The lowest BCUT2D eigenvalue weighted by molar-refractivity contribution is -0.136. The lowest BCUT2D eigenvalue weighted by Crippen LogP contribution is -2.50. The zero-order valence-corrected chi connectivity index (χ0v) is 15.1. The van der Waals surface area contributed by atoms with Crippen molar-refractivity contribution in [3.05, 3.63) is 71.9 Å². The van der Waals surface area contributed by atoms with Gasteiger partial charge < -0.3 is 4.98 Å². The van der Waals surface area contributed by atoms with E-state index < -0.39 is 6.04 Å². The number of aromatic amines is 1. The van der Waals surface area contributed by atoms with Crippen molar-refractivity contribution in [3.8, 4) is 0 Å². The van der Waals surface area contributed by atoms with Gasteiger partial charge in [-0.3, -0.25) is 19.8 Å². The van der Waals surface area contributed by atoms with Crippen LogP contribution in [0.3, 0.4) is 0 Å². The third kappa shape index (κ3) is 3.88. The lowest BCUT2D eigenvalue weighted by atomic mass is 10.0. The van der Waals surface area contributed by atoms with E-state index in [2.05, 4.69) is 39.0 Å². The standard InChI is InChI=1S/C21H24N4O2/c26-21(23-27)20(17-4-2-1-3-5-17)25-12-10-24(11-13-25)15-16-6-7-19-18(14-16)8-9-22-19/h1-9,14,20,22,27H,10-13,15H2,(H,23,26). The number of carbonyl (C=O) groups is 1. The van der Waals surface area contributed by atoms with Crippen LogP contribution in [0.1, 0.15) is 17.2 Å². The molecule has 1 atom stereocenters. The quantitative estimate of drug-likeness (QED) is 0.481. The number of hydrogen-bond acceptors (Lipinski definition) is 4. The van der Waals surface area contributed by atoms with Crippen LogP contribution in [0.2, 0.25) is 0 Å². The van der Waals surface area contributed by atoms with Crippen molar-refractivity contribution in [1.82, 2.24) is 20.3 Å². The molecule has 3 N–H and O–H groups in total. The monoisotopic (exact) mass is 364 g/mol. The van der Waals surface area contributed by atoms with E-state index in [1.165, 1.54) is 10.9 Å². The Balaban J connectivity index is 1.41. The number of amides is 1. The summed E-state index contributed by atoms with van der Waals surface area (Å²) in [5, 5.41) is 10.4. The number of hydrogen-bond donors (Lipinski definition) is 3. The van der Waals surface area contributed by atoms with Crippen LogP contribution in [-0.2, 0) is 11.3 Å². The fraction of sp³-hybridized carbons (Fsp3) is 0.286. The van der Waals surface area contributed by atoms with Gasteiger partial charge in [-0.15, -0.1) is 0 Å². The largest absolute Gasteiger partial charge is 0.361 e. The number of carbonyl (C=O) groups excluding carboxylic acids is 1. The third-order valence-electron chi connectivity index (χ3n) is 5.27. The molecule has 0 saturated carbocycles. The summed E-state index contributed by atoms with van der Waals surface area (Å²) >= 11 is 0. The van der Waals surface area contributed by atoms with Gasteiger partial charge >= 0.3 is 0 Å². The minimum Gasteiger partial charge on any atom is -0.361 e. The van der Waals surface area contributed by atoms with Gasteiger partial charge in [-0.1, -0.05) is 36.4 Å². The fourth-order valence-corrected chi connectivity index (χ4v) is 3.86. The molecule has 1 saturated heterocycles. The van der Waals surface area contributed by atoms with Gasteiger partial charge in [-0.25, -0.2) is 5.48 Å². The van der Waals surface area contributed by atoms with Crippen molar-refractivity contribution in [2.45, 2.75) is 12.6 Å². The number of aromatic nitrogens is 1. The molecule has 2 aromatic carbocycles. The maximum absolute atomic E-state index is 12.3. The predicted molar refractivity (Wildman–Crippen MR) is 104 cm³/mol. The van der Waals surface area contributed by atoms with Crippen LogP contribution in [-0.4, -0.2) is 52.1 Å². The summed E-state index contributed by atoms with van der Waals surface area (Å²) in [7, 11) is 0. The van der Waals surface area contributed by atoms with Gasteiger partial charge in [0.25, 0.3) is 5.91 Å². The Morgan fingerprint density at radius 3 is 2.59 bits per heavy atom. The summed E-state index contributed by atoms with van der Waals surface area (Å²) < 4.78 is 0. The molecule has 1 aliphatic rings. The Bertz CT molecular complexity index is 901. The van der Waals surface area contributed by atoms with Gasteiger partial charge in [-0.2, -0.15) is 0 Å². The third-order valence-corrected chi connectivity index (χ3v) is 5.27. The van der Waals surface area contributed by atoms with Crippen molar-refractivity contribution in [3.63, 3.8) is 0 Å². The van der Waals surface area contributed by atoms with E-state index in [9.17, 15) is 10.0 Å². The molecule has 0 aliphatic carbocycles. The number of hydroxylamine groups is 1.